The zero-order valence-corrected chi connectivity index (χ0v) is 15.0. The Morgan fingerprint density at radius 1 is 1.11 bits per heavy atom. The summed E-state index contributed by atoms with van der Waals surface area (Å²) in [6.45, 7) is 3.88. The van der Waals surface area contributed by atoms with Gasteiger partial charge in [-0.25, -0.2) is 4.68 Å². The molecule has 2 heterocycles. The number of hydrogen-bond donors (Lipinski definition) is 1. The molecule has 0 spiro atoms. The first-order chi connectivity index (χ1) is 13.2. The third-order valence-electron chi connectivity index (χ3n) is 4.52. The average molecular weight is 360 g/mol. The Morgan fingerprint density at radius 3 is 2.74 bits per heavy atom. The Hall–Kier alpha value is -3.48. The van der Waals surface area contributed by atoms with E-state index in [1.807, 2.05) is 58.9 Å². The van der Waals surface area contributed by atoms with Gasteiger partial charge in [0.15, 0.2) is 0 Å². The Labute approximate surface area is 156 Å². The van der Waals surface area contributed by atoms with E-state index in [-0.39, 0.29) is 5.91 Å². The van der Waals surface area contributed by atoms with Crippen LogP contribution in [0.15, 0.2) is 60.9 Å². The minimum Gasteiger partial charge on any atom is -0.348 e. The van der Waals surface area contributed by atoms with Crippen LogP contribution in [-0.4, -0.2) is 30.7 Å². The summed E-state index contributed by atoms with van der Waals surface area (Å²) in [5, 5.41) is 15.5. The first kappa shape index (κ1) is 17.0. The fraction of sp³-hybridized carbons (Fsp3) is 0.200. The number of aryl methyl sites for hydroxylation is 1. The Bertz CT molecular complexity index is 1070. The second-order valence-corrected chi connectivity index (χ2v) is 6.26. The zero-order valence-electron chi connectivity index (χ0n) is 15.0. The van der Waals surface area contributed by atoms with Crippen LogP contribution in [0.25, 0.3) is 11.0 Å². The van der Waals surface area contributed by atoms with Crippen LogP contribution >= 0.6 is 0 Å². The molecule has 7 heteroatoms. The lowest BCUT2D eigenvalue weighted by molar-refractivity contribution is 0.0951. The number of nitrogens with zero attached hydrogens (tertiary/aromatic N) is 5. The highest BCUT2D eigenvalue weighted by molar-refractivity contribution is 5.97. The molecule has 0 saturated carbocycles. The summed E-state index contributed by atoms with van der Waals surface area (Å²) in [4.78, 5) is 12.6. The van der Waals surface area contributed by atoms with Crippen molar-refractivity contribution in [3.05, 3.63) is 77.6 Å². The van der Waals surface area contributed by atoms with Gasteiger partial charge >= 0.3 is 0 Å². The number of carbonyl (C=O) groups excluding carboxylic acids is 1. The van der Waals surface area contributed by atoms with Gasteiger partial charge in [0.2, 0.25) is 0 Å². The maximum Gasteiger partial charge on any atom is 0.251 e. The van der Waals surface area contributed by atoms with Crippen molar-refractivity contribution in [3.8, 4) is 0 Å². The monoisotopic (exact) mass is 360 g/mol. The highest BCUT2D eigenvalue weighted by Gasteiger charge is 2.11. The fourth-order valence-electron chi connectivity index (χ4n) is 3.08. The van der Waals surface area contributed by atoms with Crippen molar-refractivity contribution in [2.75, 3.05) is 0 Å². The second kappa shape index (κ2) is 7.41. The average Bonchev–Trinajstić information content (AvgIpc) is 3.35. The molecule has 0 fully saturated rings. The van der Waals surface area contributed by atoms with Crippen LogP contribution in [-0.2, 0) is 19.6 Å². The molecular formula is C20H20N6O. The van der Waals surface area contributed by atoms with Gasteiger partial charge in [-0.3, -0.25) is 9.48 Å². The van der Waals surface area contributed by atoms with Crippen molar-refractivity contribution in [2.45, 2.75) is 26.6 Å². The van der Waals surface area contributed by atoms with Gasteiger partial charge in [-0.15, -0.1) is 5.10 Å². The van der Waals surface area contributed by atoms with Crippen LogP contribution in [0.4, 0.5) is 0 Å². The molecule has 0 aliphatic carbocycles. The van der Waals surface area contributed by atoms with E-state index in [1.165, 1.54) is 0 Å². The van der Waals surface area contributed by atoms with Gasteiger partial charge in [0.25, 0.3) is 5.91 Å². The Morgan fingerprint density at radius 2 is 1.96 bits per heavy atom. The van der Waals surface area contributed by atoms with E-state index in [4.69, 9.17) is 0 Å². The Balaban J connectivity index is 1.48. The molecule has 2 aromatic heterocycles. The molecule has 0 aliphatic rings. The number of fused-ring (bicyclic) bond motifs is 1. The highest BCUT2D eigenvalue weighted by atomic mass is 16.1. The molecule has 27 heavy (non-hydrogen) atoms. The predicted octanol–water partition coefficient (Wildman–Crippen LogP) is 2.63. The number of amides is 1. The van der Waals surface area contributed by atoms with Crippen molar-refractivity contribution in [2.24, 2.45) is 0 Å². The van der Waals surface area contributed by atoms with Crippen LogP contribution in [0.3, 0.4) is 0 Å². The van der Waals surface area contributed by atoms with E-state index in [2.05, 4.69) is 26.8 Å². The predicted molar refractivity (Wildman–Crippen MR) is 102 cm³/mol. The largest absolute Gasteiger partial charge is 0.348 e. The van der Waals surface area contributed by atoms with Gasteiger partial charge in [-0.2, -0.15) is 5.10 Å². The molecular weight excluding hydrogens is 340 g/mol. The molecule has 136 valence electrons. The van der Waals surface area contributed by atoms with Gasteiger partial charge in [-0.1, -0.05) is 29.5 Å². The lowest BCUT2D eigenvalue weighted by atomic mass is 10.1. The number of aromatic nitrogens is 5. The van der Waals surface area contributed by atoms with Crippen molar-refractivity contribution in [3.63, 3.8) is 0 Å². The minimum absolute atomic E-state index is 0.128. The Kier molecular flexibility index (Phi) is 4.65. The van der Waals surface area contributed by atoms with Crippen LogP contribution < -0.4 is 5.32 Å². The number of carbonyl (C=O) groups is 1. The maximum atomic E-state index is 12.6. The van der Waals surface area contributed by atoms with Gasteiger partial charge in [0.05, 0.1) is 12.1 Å². The molecule has 0 bridgehead atoms. The van der Waals surface area contributed by atoms with E-state index in [9.17, 15) is 4.79 Å². The molecule has 0 unspecified atom stereocenters. The topological polar surface area (TPSA) is 77.6 Å². The summed E-state index contributed by atoms with van der Waals surface area (Å²) in [5.41, 5.74) is 4.43. The van der Waals surface area contributed by atoms with Crippen molar-refractivity contribution < 1.29 is 4.79 Å². The lowest BCUT2D eigenvalue weighted by Crippen LogP contribution is -2.23. The van der Waals surface area contributed by atoms with E-state index in [1.54, 1.807) is 12.3 Å². The van der Waals surface area contributed by atoms with Crippen LogP contribution in [0.2, 0.25) is 0 Å². The smallest absolute Gasteiger partial charge is 0.251 e. The SMILES string of the molecule is CCn1nnc2cc(C(=O)NCc3ccccc3Cn3cccn3)ccc21. The summed E-state index contributed by atoms with van der Waals surface area (Å²) >= 11 is 0. The molecule has 7 nitrogen and oxygen atoms in total. The summed E-state index contributed by atoms with van der Waals surface area (Å²) < 4.78 is 3.67. The van der Waals surface area contributed by atoms with Crippen LogP contribution in [0.5, 0.6) is 0 Å². The summed E-state index contributed by atoms with van der Waals surface area (Å²) in [6.07, 6.45) is 3.68. The third-order valence-corrected chi connectivity index (χ3v) is 4.52. The van der Waals surface area contributed by atoms with Crippen molar-refractivity contribution in [1.82, 2.24) is 30.1 Å². The van der Waals surface area contributed by atoms with Gasteiger partial charge < -0.3 is 5.32 Å². The van der Waals surface area contributed by atoms with Gasteiger partial charge in [0.1, 0.15) is 5.52 Å². The third kappa shape index (κ3) is 3.57. The number of benzene rings is 2. The van der Waals surface area contributed by atoms with Crippen molar-refractivity contribution >= 4 is 16.9 Å². The molecule has 0 radical (unpaired) electrons. The molecule has 4 rings (SSSR count). The van der Waals surface area contributed by atoms with E-state index in [0.717, 1.165) is 28.7 Å². The van der Waals surface area contributed by atoms with E-state index >= 15 is 0 Å². The second-order valence-electron chi connectivity index (χ2n) is 6.26. The van der Waals surface area contributed by atoms with E-state index in [0.29, 0.717) is 18.7 Å². The van der Waals surface area contributed by atoms with Gasteiger partial charge in [-0.05, 0) is 42.3 Å². The van der Waals surface area contributed by atoms with Crippen LogP contribution in [0, 0.1) is 0 Å². The molecule has 4 aromatic rings. The highest BCUT2D eigenvalue weighted by Crippen LogP contribution is 2.14. The number of nitrogens with one attached hydrogen (secondary N) is 1. The maximum absolute atomic E-state index is 12.6. The lowest BCUT2D eigenvalue weighted by Gasteiger charge is -2.11. The molecule has 0 saturated heterocycles. The quantitative estimate of drug-likeness (QED) is 0.573. The molecule has 0 atom stereocenters. The normalized spacial score (nSPS) is 11.0. The molecule has 2 aromatic carbocycles. The van der Waals surface area contributed by atoms with Crippen LogP contribution in [0.1, 0.15) is 28.4 Å². The summed E-state index contributed by atoms with van der Waals surface area (Å²) in [6, 6.07) is 15.4. The first-order valence-corrected chi connectivity index (χ1v) is 8.90. The summed E-state index contributed by atoms with van der Waals surface area (Å²) in [7, 11) is 0. The van der Waals surface area contributed by atoms with E-state index < -0.39 is 0 Å². The van der Waals surface area contributed by atoms with Crippen molar-refractivity contribution in [1.29, 1.82) is 0 Å². The number of rotatable bonds is 6. The molecule has 1 amide bonds. The molecule has 1 N–H and O–H groups in total. The fourth-order valence-corrected chi connectivity index (χ4v) is 3.08. The summed E-state index contributed by atoms with van der Waals surface area (Å²) in [5.74, 6) is -0.128. The minimum atomic E-state index is -0.128. The first-order valence-electron chi connectivity index (χ1n) is 8.90. The zero-order chi connectivity index (χ0) is 18.6. The number of hydrogen-bond acceptors (Lipinski definition) is 4. The van der Waals surface area contributed by atoms with Gasteiger partial charge in [0, 0.05) is 31.0 Å². The molecule has 0 aliphatic heterocycles. The standard InChI is InChI=1S/C20H20N6O/c1-2-26-19-9-8-15(12-18(19)23-24-26)20(27)21-13-16-6-3-4-7-17(16)14-25-11-5-10-22-25/h3-12H,2,13-14H2,1H3,(H,21,27).